The van der Waals surface area contributed by atoms with Gasteiger partial charge in [0.25, 0.3) is 0 Å². The van der Waals surface area contributed by atoms with E-state index in [0.29, 0.717) is 12.8 Å². The van der Waals surface area contributed by atoms with Crippen LogP contribution in [0.3, 0.4) is 0 Å². The third-order valence-corrected chi connectivity index (χ3v) is 4.88. The molecule has 0 spiro atoms. The second kappa shape index (κ2) is 7.15. The molecule has 1 saturated heterocycles. The SMILES string of the molecule is CCn1cnnc1[C@H]1CCCCN1C(=O)CCc1c(C)noc1C. The summed E-state index contributed by atoms with van der Waals surface area (Å²) in [5.74, 6) is 1.88. The van der Waals surface area contributed by atoms with Gasteiger partial charge in [-0.15, -0.1) is 10.2 Å². The Labute approximate surface area is 142 Å². The van der Waals surface area contributed by atoms with E-state index in [2.05, 4.69) is 22.3 Å². The zero-order chi connectivity index (χ0) is 17.1. The number of aromatic nitrogens is 4. The van der Waals surface area contributed by atoms with E-state index in [4.69, 9.17) is 4.52 Å². The molecule has 0 aromatic carbocycles. The normalized spacial score (nSPS) is 18.1. The minimum absolute atomic E-state index is 0.0402. The molecule has 0 radical (unpaired) electrons. The Morgan fingerprint density at radius 2 is 2.21 bits per heavy atom. The first kappa shape index (κ1) is 16.7. The van der Waals surface area contributed by atoms with Crippen LogP contribution in [0, 0.1) is 13.8 Å². The zero-order valence-corrected chi connectivity index (χ0v) is 14.7. The van der Waals surface area contributed by atoms with Crippen LogP contribution in [-0.4, -0.2) is 37.3 Å². The Morgan fingerprint density at radius 1 is 1.38 bits per heavy atom. The van der Waals surface area contributed by atoms with Crippen LogP contribution in [0.5, 0.6) is 0 Å². The number of hydrogen-bond acceptors (Lipinski definition) is 5. The molecule has 7 heteroatoms. The third kappa shape index (κ3) is 3.20. The summed E-state index contributed by atoms with van der Waals surface area (Å²) in [6.45, 7) is 7.50. The monoisotopic (exact) mass is 331 g/mol. The summed E-state index contributed by atoms with van der Waals surface area (Å²) >= 11 is 0. The molecule has 0 bridgehead atoms. The molecule has 130 valence electrons. The number of rotatable bonds is 5. The molecule has 1 aliphatic heterocycles. The van der Waals surface area contributed by atoms with E-state index in [0.717, 1.165) is 55.2 Å². The molecular formula is C17H25N5O2. The topological polar surface area (TPSA) is 77.1 Å². The Bertz CT molecular complexity index is 686. The smallest absolute Gasteiger partial charge is 0.223 e. The third-order valence-electron chi connectivity index (χ3n) is 4.88. The second-order valence-electron chi connectivity index (χ2n) is 6.38. The highest BCUT2D eigenvalue weighted by Crippen LogP contribution is 2.30. The lowest BCUT2D eigenvalue weighted by molar-refractivity contribution is -0.135. The maximum absolute atomic E-state index is 12.8. The van der Waals surface area contributed by atoms with Crippen LogP contribution in [0.1, 0.15) is 61.5 Å². The van der Waals surface area contributed by atoms with Crippen LogP contribution in [0.25, 0.3) is 0 Å². The largest absolute Gasteiger partial charge is 0.361 e. The van der Waals surface area contributed by atoms with E-state index in [1.807, 2.05) is 23.3 Å². The minimum Gasteiger partial charge on any atom is -0.361 e. The molecule has 24 heavy (non-hydrogen) atoms. The molecule has 0 unspecified atom stereocenters. The van der Waals surface area contributed by atoms with Gasteiger partial charge in [-0.3, -0.25) is 4.79 Å². The summed E-state index contributed by atoms with van der Waals surface area (Å²) in [4.78, 5) is 14.8. The van der Waals surface area contributed by atoms with Crippen molar-refractivity contribution in [1.29, 1.82) is 0 Å². The predicted octanol–water partition coefficient (Wildman–Crippen LogP) is 2.59. The van der Waals surface area contributed by atoms with Gasteiger partial charge >= 0.3 is 0 Å². The molecule has 1 atom stereocenters. The molecule has 0 aliphatic carbocycles. The average Bonchev–Trinajstić information content (AvgIpc) is 3.19. The molecule has 7 nitrogen and oxygen atoms in total. The highest BCUT2D eigenvalue weighted by atomic mass is 16.5. The quantitative estimate of drug-likeness (QED) is 0.841. The molecule has 1 amide bonds. The lowest BCUT2D eigenvalue weighted by atomic mass is 9.99. The maximum Gasteiger partial charge on any atom is 0.223 e. The van der Waals surface area contributed by atoms with Gasteiger partial charge in [0, 0.05) is 25.1 Å². The Balaban J connectivity index is 1.72. The molecule has 1 fully saturated rings. The molecular weight excluding hydrogens is 306 g/mol. The zero-order valence-electron chi connectivity index (χ0n) is 14.7. The molecule has 0 N–H and O–H groups in total. The number of nitrogens with zero attached hydrogens (tertiary/aromatic N) is 5. The highest BCUT2D eigenvalue weighted by molar-refractivity contribution is 5.77. The van der Waals surface area contributed by atoms with Crippen molar-refractivity contribution in [2.75, 3.05) is 6.54 Å². The van der Waals surface area contributed by atoms with Crippen molar-refractivity contribution in [2.24, 2.45) is 0 Å². The van der Waals surface area contributed by atoms with Gasteiger partial charge in [0.2, 0.25) is 5.91 Å². The van der Waals surface area contributed by atoms with Gasteiger partial charge in [0.05, 0.1) is 11.7 Å². The van der Waals surface area contributed by atoms with Gasteiger partial charge in [0.1, 0.15) is 12.1 Å². The van der Waals surface area contributed by atoms with Crippen molar-refractivity contribution in [1.82, 2.24) is 24.8 Å². The summed E-state index contributed by atoms with van der Waals surface area (Å²) in [5.41, 5.74) is 1.93. The number of amides is 1. The van der Waals surface area contributed by atoms with Crippen molar-refractivity contribution in [3.8, 4) is 0 Å². The van der Waals surface area contributed by atoms with Gasteiger partial charge in [-0.25, -0.2) is 0 Å². The Kier molecular flexibility index (Phi) is 4.97. The summed E-state index contributed by atoms with van der Waals surface area (Å²) in [6, 6.07) is 0.0402. The van der Waals surface area contributed by atoms with Gasteiger partial charge in [-0.2, -0.15) is 0 Å². The predicted molar refractivity (Wildman–Crippen MR) is 88.3 cm³/mol. The highest BCUT2D eigenvalue weighted by Gasteiger charge is 2.31. The minimum atomic E-state index is 0.0402. The average molecular weight is 331 g/mol. The first-order valence-electron chi connectivity index (χ1n) is 8.70. The van der Waals surface area contributed by atoms with Crippen LogP contribution in [0.4, 0.5) is 0 Å². The Morgan fingerprint density at radius 3 is 2.92 bits per heavy atom. The van der Waals surface area contributed by atoms with E-state index in [1.165, 1.54) is 0 Å². The van der Waals surface area contributed by atoms with E-state index in [9.17, 15) is 4.79 Å². The molecule has 3 rings (SSSR count). The van der Waals surface area contributed by atoms with Crippen LogP contribution in [0.2, 0.25) is 0 Å². The fourth-order valence-electron chi connectivity index (χ4n) is 3.50. The number of piperidine rings is 1. The summed E-state index contributed by atoms with van der Waals surface area (Å²) in [7, 11) is 0. The molecule has 1 aliphatic rings. The number of hydrogen-bond donors (Lipinski definition) is 0. The lowest BCUT2D eigenvalue weighted by Crippen LogP contribution is -2.39. The number of aryl methyl sites for hydroxylation is 3. The molecule has 3 heterocycles. The molecule has 0 saturated carbocycles. The standard InChI is InChI=1S/C17H25N5O2/c1-4-21-11-18-19-17(21)15-7-5-6-10-22(15)16(23)9-8-14-12(2)20-24-13(14)3/h11,15H,4-10H2,1-3H3/t15-/m1/s1. The van der Waals surface area contributed by atoms with Crippen LogP contribution >= 0.6 is 0 Å². The fourth-order valence-corrected chi connectivity index (χ4v) is 3.50. The maximum atomic E-state index is 12.8. The lowest BCUT2D eigenvalue weighted by Gasteiger charge is -2.35. The second-order valence-corrected chi connectivity index (χ2v) is 6.38. The molecule has 2 aromatic heterocycles. The van der Waals surface area contributed by atoms with E-state index >= 15 is 0 Å². The van der Waals surface area contributed by atoms with Crippen molar-refractivity contribution < 1.29 is 9.32 Å². The van der Waals surface area contributed by atoms with E-state index in [1.54, 1.807) is 6.33 Å². The first-order chi connectivity index (χ1) is 11.6. The van der Waals surface area contributed by atoms with Crippen LogP contribution < -0.4 is 0 Å². The van der Waals surface area contributed by atoms with Crippen LogP contribution in [0.15, 0.2) is 10.9 Å². The van der Waals surface area contributed by atoms with Gasteiger partial charge in [-0.1, -0.05) is 5.16 Å². The van der Waals surface area contributed by atoms with E-state index < -0.39 is 0 Å². The number of carbonyl (C=O) groups is 1. The van der Waals surface area contributed by atoms with Crippen molar-refractivity contribution in [2.45, 2.75) is 65.5 Å². The van der Waals surface area contributed by atoms with Crippen molar-refractivity contribution in [3.05, 3.63) is 29.2 Å². The van der Waals surface area contributed by atoms with Gasteiger partial charge in [0.15, 0.2) is 5.82 Å². The summed E-state index contributed by atoms with van der Waals surface area (Å²) in [6.07, 6.45) is 6.01. The Hall–Kier alpha value is -2.18. The van der Waals surface area contributed by atoms with E-state index in [-0.39, 0.29) is 11.9 Å². The summed E-state index contributed by atoms with van der Waals surface area (Å²) in [5, 5.41) is 12.3. The summed E-state index contributed by atoms with van der Waals surface area (Å²) < 4.78 is 7.22. The number of carbonyl (C=O) groups excluding carboxylic acids is 1. The van der Waals surface area contributed by atoms with Crippen molar-refractivity contribution >= 4 is 5.91 Å². The van der Waals surface area contributed by atoms with Gasteiger partial charge < -0.3 is 14.0 Å². The van der Waals surface area contributed by atoms with Crippen molar-refractivity contribution in [3.63, 3.8) is 0 Å². The fraction of sp³-hybridized carbons (Fsp3) is 0.647. The first-order valence-corrected chi connectivity index (χ1v) is 8.70. The van der Waals surface area contributed by atoms with Crippen LogP contribution in [-0.2, 0) is 17.8 Å². The van der Waals surface area contributed by atoms with Gasteiger partial charge in [-0.05, 0) is 46.5 Å². The molecule has 2 aromatic rings. The number of likely N-dealkylation sites (tertiary alicyclic amines) is 1.